The second kappa shape index (κ2) is 7.92. The molecule has 0 saturated carbocycles. The van der Waals surface area contributed by atoms with Crippen molar-refractivity contribution in [3.63, 3.8) is 0 Å². The molecular weight excluding hydrogens is 340 g/mol. The van der Waals surface area contributed by atoms with Gasteiger partial charge in [0.1, 0.15) is 11.5 Å². The fraction of sp³-hybridized carbons (Fsp3) is 0.364. The summed E-state index contributed by atoms with van der Waals surface area (Å²) in [6, 6.07) is 16.7. The van der Waals surface area contributed by atoms with E-state index < -0.39 is 5.54 Å². The molecule has 5 heteroatoms. The van der Waals surface area contributed by atoms with E-state index >= 15 is 0 Å². The van der Waals surface area contributed by atoms with E-state index in [0.29, 0.717) is 24.4 Å². The molecule has 1 fully saturated rings. The van der Waals surface area contributed by atoms with Gasteiger partial charge in [-0.15, -0.1) is 0 Å². The molecule has 1 amide bonds. The number of para-hydroxylation sites is 1. The summed E-state index contributed by atoms with van der Waals surface area (Å²) in [5.41, 5.74) is 5.66. The lowest BCUT2D eigenvalue weighted by molar-refractivity contribution is -0.137. The van der Waals surface area contributed by atoms with Crippen LogP contribution in [0.5, 0.6) is 11.5 Å². The number of Topliss-reactive ketones (excluding diaryl/α,β-unsaturated/α-hetero) is 1. The first kappa shape index (κ1) is 19.1. The molecule has 142 valence electrons. The van der Waals surface area contributed by atoms with Crippen molar-refractivity contribution in [2.75, 3.05) is 13.1 Å². The number of rotatable bonds is 5. The first-order chi connectivity index (χ1) is 12.8. The van der Waals surface area contributed by atoms with Gasteiger partial charge >= 0.3 is 0 Å². The lowest BCUT2D eigenvalue weighted by Crippen LogP contribution is -2.54. The Morgan fingerprint density at radius 3 is 2.30 bits per heavy atom. The van der Waals surface area contributed by atoms with Gasteiger partial charge in [-0.2, -0.15) is 0 Å². The number of ketones is 1. The fourth-order valence-corrected chi connectivity index (χ4v) is 3.33. The smallest absolute Gasteiger partial charge is 0.242 e. The number of carbonyl (C=O) groups excluding carboxylic acids is 2. The minimum Gasteiger partial charge on any atom is -0.457 e. The lowest BCUT2D eigenvalue weighted by atomic mass is 9.89. The summed E-state index contributed by atoms with van der Waals surface area (Å²) < 4.78 is 5.77. The first-order valence-electron chi connectivity index (χ1n) is 9.30. The topological polar surface area (TPSA) is 72.6 Å². The number of hydrogen-bond acceptors (Lipinski definition) is 4. The van der Waals surface area contributed by atoms with Crippen LogP contribution in [0.3, 0.4) is 0 Å². The Balaban J connectivity index is 1.65. The van der Waals surface area contributed by atoms with Crippen LogP contribution in [0.15, 0.2) is 54.6 Å². The molecule has 1 aliphatic rings. The van der Waals surface area contributed by atoms with Crippen LogP contribution >= 0.6 is 0 Å². The van der Waals surface area contributed by atoms with Gasteiger partial charge in [-0.05, 0) is 63.1 Å². The Labute approximate surface area is 160 Å². The molecule has 0 spiro atoms. The van der Waals surface area contributed by atoms with Gasteiger partial charge in [-0.3, -0.25) is 9.59 Å². The van der Waals surface area contributed by atoms with Crippen molar-refractivity contribution >= 4 is 11.7 Å². The summed E-state index contributed by atoms with van der Waals surface area (Å²) in [5.74, 6) is 1.21. The zero-order valence-corrected chi connectivity index (χ0v) is 15.9. The minimum absolute atomic E-state index is 0.0635. The third-order valence-corrected chi connectivity index (χ3v) is 4.75. The van der Waals surface area contributed by atoms with Crippen molar-refractivity contribution < 1.29 is 14.3 Å². The SMILES string of the molecule is CC(C)(N)C(=O)N1CCCC(C(=O)c2ccc(Oc3ccccc3)cc2)C1. The van der Waals surface area contributed by atoms with E-state index in [-0.39, 0.29) is 17.6 Å². The van der Waals surface area contributed by atoms with Gasteiger partial charge < -0.3 is 15.4 Å². The summed E-state index contributed by atoms with van der Waals surface area (Å²) in [6.45, 7) is 4.49. The molecule has 5 nitrogen and oxygen atoms in total. The van der Waals surface area contributed by atoms with Gasteiger partial charge in [0.15, 0.2) is 5.78 Å². The second-order valence-corrected chi connectivity index (χ2v) is 7.62. The maximum Gasteiger partial charge on any atom is 0.242 e. The van der Waals surface area contributed by atoms with E-state index in [2.05, 4.69) is 0 Å². The Bertz CT molecular complexity index is 795. The molecule has 1 atom stereocenters. The maximum atomic E-state index is 12.9. The molecule has 2 aromatic rings. The number of nitrogens with zero attached hydrogens (tertiary/aromatic N) is 1. The molecule has 1 saturated heterocycles. The average molecular weight is 366 g/mol. The Hall–Kier alpha value is -2.66. The van der Waals surface area contributed by atoms with Crippen molar-refractivity contribution in [2.24, 2.45) is 11.7 Å². The van der Waals surface area contributed by atoms with Gasteiger partial charge in [-0.25, -0.2) is 0 Å². The average Bonchev–Trinajstić information content (AvgIpc) is 2.67. The predicted octanol–water partition coefficient (Wildman–Crippen LogP) is 3.64. The molecule has 1 unspecified atom stereocenters. The van der Waals surface area contributed by atoms with Gasteiger partial charge in [0, 0.05) is 24.6 Å². The Morgan fingerprint density at radius 2 is 1.67 bits per heavy atom. The lowest BCUT2D eigenvalue weighted by Gasteiger charge is -2.35. The number of piperidine rings is 1. The van der Waals surface area contributed by atoms with Crippen LogP contribution in [0, 0.1) is 5.92 Å². The number of ether oxygens (including phenoxy) is 1. The van der Waals surface area contributed by atoms with E-state index in [1.54, 1.807) is 43.0 Å². The highest BCUT2D eigenvalue weighted by Crippen LogP contribution is 2.25. The van der Waals surface area contributed by atoms with Crippen LogP contribution in [0.25, 0.3) is 0 Å². The number of benzene rings is 2. The van der Waals surface area contributed by atoms with Crippen molar-refractivity contribution in [1.29, 1.82) is 0 Å². The highest BCUT2D eigenvalue weighted by atomic mass is 16.5. The molecular formula is C22H26N2O3. The molecule has 0 bridgehead atoms. The fourth-order valence-electron chi connectivity index (χ4n) is 3.33. The van der Waals surface area contributed by atoms with Crippen LogP contribution in [0.4, 0.5) is 0 Å². The van der Waals surface area contributed by atoms with Gasteiger partial charge in [0.25, 0.3) is 0 Å². The molecule has 1 heterocycles. The van der Waals surface area contributed by atoms with E-state index in [4.69, 9.17) is 10.5 Å². The van der Waals surface area contributed by atoms with Crippen LogP contribution in [-0.2, 0) is 4.79 Å². The van der Waals surface area contributed by atoms with Crippen LogP contribution in [0.2, 0.25) is 0 Å². The van der Waals surface area contributed by atoms with Gasteiger partial charge in [0.2, 0.25) is 5.91 Å². The quantitative estimate of drug-likeness (QED) is 0.820. The summed E-state index contributed by atoms with van der Waals surface area (Å²) in [4.78, 5) is 27.0. The molecule has 0 aliphatic carbocycles. The zero-order chi connectivity index (χ0) is 19.4. The molecule has 0 aromatic heterocycles. The van der Waals surface area contributed by atoms with E-state index in [9.17, 15) is 9.59 Å². The van der Waals surface area contributed by atoms with Crippen LogP contribution in [-0.4, -0.2) is 35.2 Å². The minimum atomic E-state index is -0.915. The zero-order valence-electron chi connectivity index (χ0n) is 15.9. The normalized spacial score (nSPS) is 17.4. The standard InChI is InChI=1S/C22H26N2O3/c1-22(2,23)21(26)24-14-6-7-17(15-24)20(25)16-10-12-19(13-11-16)27-18-8-4-3-5-9-18/h3-5,8-13,17H,6-7,14-15,23H2,1-2H3. The number of likely N-dealkylation sites (tertiary alicyclic amines) is 1. The summed E-state index contributed by atoms with van der Waals surface area (Å²) in [5, 5.41) is 0. The molecule has 2 aromatic carbocycles. The van der Waals surface area contributed by atoms with Crippen LogP contribution < -0.4 is 10.5 Å². The molecule has 3 rings (SSSR count). The predicted molar refractivity (Wildman–Crippen MR) is 105 cm³/mol. The van der Waals surface area contributed by atoms with Crippen molar-refractivity contribution in [3.8, 4) is 11.5 Å². The van der Waals surface area contributed by atoms with E-state index in [1.807, 2.05) is 30.3 Å². The molecule has 1 aliphatic heterocycles. The highest BCUT2D eigenvalue weighted by molar-refractivity contribution is 5.98. The Morgan fingerprint density at radius 1 is 1.04 bits per heavy atom. The van der Waals surface area contributed by atoms with Gasteiger partial charge in [0.05, 0.1) is 5.54 Å². The van der Waals surface area contributed by atoms with Crippen molar-refractivity contribution in [1.82, 2.24) is 4.90 Å². The van der Waals surface area contributed by atoms with E-state index in [1.165, 1.54) is 0 Å². The number of amides is 1. The highest BCUT2D eigenvalue weighted by Gasteiger charge is 2.34. The number of carbonyl (C=O) groups is 2. The molecule has 0 radical (unpaired) electrons. The number of hydrogen-bond donors (Lipinski definition) is 1. The monoisotopic (exact) mass is 366 g/mol. The largest absolute Gasteiger partial charge is 0.457 e. The third kappa shape index (κ3) is 4.74. The summed E-state index contributed by atoms with van der Waals surface area (Å²) in [6.07, 6.45) is 1.60. The molecule has 27 heavy (non-hydrogen) atoms. The Kier molecular flexibility index (Phi) is 5.61. The van der Waals surface area contributed by atoms with Crippen molar-refractivity contribution in [3.05, 3.63) is 60.2 Å². The molecule has 2 N–H and O–H groups in total. The van der Waals surface area contributed by atoms with Crippen LogP contribution in [0.1, 0.15) is 37.0 Å². The van der Waals surface area contributed by atoms with Crippen molar-refractivity contribution in [2.45, 2.75) is 32.2 Å². The number of nitrogens with two attached hydrogens (primary N) is 1. The second-order valence-electron chi connectivity index (χ2n) is 7.62. The van der Waals surface area contributed by atoms with E-state index in [0.717, 1.165) is 18.6 Å². The first-order valence-corrected chi connectivity index (χ1v) is 9.30. The third-order valence-electron chi connectivity index (χ3n) is 4.75. The summed E-state index contributed by atoms with van der Waals surface area (Å²) >= 11 is 0. The maximum absolute atomic E-state index is 12.9. The van der Waals surface area contributed by atoms with Gasteiger partial charge in [-0.1, -0.05) is 18.2 Å². The summed E-state index contributed by atoms with van der Waals surface area (Å²) in [7, 11) is 0.